The molecule has 7 heteroatoms. The van der Waals surface area contributed by atoms with E-state index in [9.17, 15) is 18.4 Å². The number of halogens is 2. The molecule has 4 rings (SSSR count). The lowest BCUT2D eigenvalue weighted by molar-refractivity contribution is -0.127. The Bertz CT molecular complexity index is 844. The summed E-state index contributed by atoms with van der Waals surface area (Å²) in [6, 6.07) is 4.68. The molecule has 5 nitrogen and oxygen atoms in total. The van der Waals surface area contributed by atoms with Crippen LogP contribution in [0.3, 0.4) is 0 Å². The van der Waals surface area contributed by atoms with Gasteiger partial charge in [-0.25, -0.2) is 8.78 Å². The molecule has 1 N–H and O–H groups in total. The molecule has 0 saturated carbocycles. The summed E-state index contributed by atoms with van der Waals surface area (Å²) < 4.78 is 32.3. The Labute approximate surface area is 149 Å². The third-order valence-corrected chi connectivity index (χ3v) is 5.02. The molecule has 1 aromatic carbocycles. The van der Waals surface area contributed by atoms with Gasteiger partial charge in [0, 0.05) is 36.7 Å². The number of fused-ring (bicyclic) bond motifs is 1. The van der Waals surface area contributed by atoms with Crippen molar-refractivity contribution in [1.82, 2.24) is 5.32 Å². The van der Waals surface area contributed by atoms with E-state index >= 15 is 0 Å². The highest BCUT2D eigenvalue weighted by atomic mass is 19.1. The van der Waals surface area contributed by atoms with E-state index in [1.54, 1.807) is 6.26 Å². The van der Waals surface area contributed by atoms with E-state index in [-0.39, 0.29) is 36.5 Å². The lowest BCUT2D eigenvalue weighted by atomic mass is 9.93. The van der Waals surface area contributed by atoms with Gasteiger partial charge < -0.3 is 14.6 Å². The smallest absolute Gasteiger partial charge is 0.227 e. The standard InChI is InChI=1S/C19H18F2N2O3/c20-12-7-13(21)9-14(8-12)23-10-11(6-18(23)24)19(25)22-16-2-1-3-17-15(16)4-5-26-17/h4-5,7-9,11,16H,1-3,6,10H2,(H,22,25). The van der Waals surface area contributed by atoms with Crippen molar-refractivity contribution in [2.45, 2.75) is 31.7 Å². The summed E-state index contributed by atoms with van der Waals surface area (Å²) >= 11 is 0. The van der Waals surface area contributed by atoms with Crippen molar-refractivity contribution in [2.75, 3.05) is 11.4 Å². The highest BCUT2D eigenvalue weighted by Gasteiger charge is 2.37. The number of hydrogen-bond donors (Lipinski definition) is 1. The fourth-order valence-corrected chi connectivity index (χ4v) is 3.75. The van der Waals surface area contributed by atoms with Crippen LogP contribution < -0.4 is 10.2 Å². The molecular formula is C19H18F2N2O3. The Kier molecular flexibility index (Phi) is 4.22. The van der Waals surface area contributed by atoms with Crippen LogP contribution in [-0.4, -0.2) is 18.4 Å². The predicted molar refractivity (Wildman–Crippen MR) is 89.3 cm³/mol. The van der Waals surface area contributed by atoms with Gasteiger partial charge in [0.1, 0.15) is 17.4 Å². The lowest BCUT2D eigenvalue weighted by Gasteiger charge is -2.24. The number of benzene rings is 1. The molecule has 2 aliphatic rings. The number of anilines is 1. The Hall–Kier alpha value is -2.70. The molecule has 0 bridgehead atoms. The summed E-state index contributed by atoms with van der Waals surface area (Å²) in [4.78, 5) is 26.1. The third kappa shape index (κ3) is 3.09. The highest BCUT2D eigenvalue weighted by molar-refractivity contribution is 6.00. The molecule has 0 radical (unpaired) electrons. The highest BCUT2D eigenvalue weighted by Crippen LogP contribution is 2.32. The van der Waals surface area contributed by atoms with E-state index in [4.69, 9.17) is 4.42 Å². The Morgan fingerprint density at radius 2 is 2.00 bits per heavy atom. The molecule has 1 fully saturated rings. The Morgan fingerprint density at radius 3 is 2.77 bits per heavy atom. The van der Waals surface area contributed by atoms with Crippen LogP contribution in [0.25, 0.3) is 0 Å². The molecule has 2 unspecified atom stereocenters. The number of aryl methyl sites for hydroxylation is 1. The quantitative estimate of drug-likeness (QED) is 0.915. The Balaban J connectivity index is 1.46. The molecule has 0 spiro atoms. The largest absolute Gasteiger partial charge is 0.469 e. The van der Waals surface area contributed by atoms with E-state index < -0.39 is 17.6 Å². The van der Waals surface area contributed by atoms with Crippen molar-refractivity contribution in [2.24, 2.45) is 5.92 Å². The SMILES string of the molecule is O=C(NC1CCCc2occc21)C1CC(=O)N(c2cc(F)cc(F)c2)C1. The van der Waals surface area contributed by atoms with Crippen molar-refractivity contribution in [3.05, 3.63) is 53.5 Å². The van der Waals surface area contributed by atoms with Gasteiger partial charge in [-0.1, -0.05) is 0 Å². The third-order valence-electron chi connectivity index (χ3n) is 5.02. The molecule has 2 amide bonds. The van der Waals surface area contributed by atoms with Crippen molar-refractivity contribution < 1.29 is 22.8 Å². The van der Waals surface area contributed by atoms with E-state index in [2.05, 4.69) is 5.32 Å². The topological polar surface area (TPSA) is 62.6 Å². The molecule has 1 aliphatic carbocycles. The van der Waals surface area contributed by atoms with Crippen molar-refractivity contribution >= 4 is 17.5 Å². The number of amides is 2. The normalized spacial score (nSPS) is 22.4. The van der Waals surface area contributed by atoms with Crippen LogP contribution in [0, 0.1) is 17.6 Å². The first-order chi connectivity index (χ1) is 12.5. The first-order valence-electron chi connectivity index (χ1n) is 8.64. The minimum Gasteiger partial charge on any atom is -0.469 e. The monoisotopic (exact) mass is 360 g/mol. The van der Waals surface area contributed by atoms with E-state index in [1.807, 2.05) is 6.07 Å². The number of carbonyl (C=O) groups is 2. The van der Waals surface area contributed by atoms with Crippen LogP contribution in [-0.2, 0) is 16.0 Å². The summed E-state index contributed by atoms with van der Waals surface area (Å²) in [6.07, 6.45) is 4.24. The molecule has 2 aromatic rings. The zero-order valence-electron chi connectivity index (χ0n) is 14.0. The lowest BCUT2D eigenvalue weighted by Crippen LogP contribution is -2.36. The molecular weight excluding hydrogens is 342 g/mol. The molecule has 2 atom stereocenters. The minimum absolute atomic E-state index is 0.0227. The van der Waals surface area contributed by atoms with Crippen LogP contribution >= 0.6 is 0 Å². The number of hydrogen-bond acceptors (Lipinski definition) is 3. The maximum Gasteiger partial charge on any atom is 0.227 e. The molecule has 136 valence electrons. The van der Waals surface area contributed by atoms with Gasteiger partial charge in [-0.3, -0.25) is 9.59 Å². The zero-order chi connectivity index (χ0) is 18.3. The second kappa shape index (κ2) is 6.55. The summed E-state index contributed by atoms with van der Waals surface area (Å²) in [6.45, 7) is 0.110. The average Bonchev–Trinajstić information content (AvgIpc) is 3.21. The molecule has 1 saturated heterocycles. The van der Waals surface area contributed by atoms with Gasteiger partial charge in [0.25, 0.3) is 0 Å². The first kappa shape index (κ1) is 16.8. The van der Waals surface area contributed by atoms with Gasteiger partial charge in [-0.05, 0) is 31.0 Å². The van der Waals surface area contributed by atoms with Crippen molar-refractivity contribution in [3.8, 4) is 0 Å². The predicted octanol–water partition coefficient (Wildman–Crippen LogP) is 3.10. The fraction of sp³-hybridized carbons (Fsp3) is 0.368. The number of nitrogens with zero attached hydrogens (tertiary/aromatic N) is 1. The summed E-state index contributed by atoms with van der Waals surface area (Å²) in [7, 11) is 0. The number of nitrogens with one attached hydrogen (secondary N) is 1. The van der Waals surface area contributed by atoms with Crippen molar-refractivity contribution in [3.63, 3.8) is 0 Å². The van der Waals surface area contributed by atoms with Gasteiger partial charge in [0.15, 0.2) is 0 Å². The average molecular weight is 360 g/mol. The number of rotatable bonds is 3. The fourth-order valence-electron chi connectivity index (χ4n) is 3.75. The van der Waals surface area contributed by atoms with Gasteiger partial charge in [0.2, 0.25) is 11.8 Å². The molecule has 2 heterocycles. The van der Waals surface area contributed by atoms with Gasteiger partial charge in [0.05, 0.1) is 18.2 Å². The zero-order valence-corrected chi connectivity index (χ0v) is 14.0. The second-order valence-corrected chi connectivity index (χ2v) is 6.79. The number of carbonyl (C=O) groups excluding carboxylic acids is 2. The Morgan fingerprint density at radius 1 is 1.23 bits per heavy atom. The summed E-state index contributed by atoms with van der Waals surface area (Å²) in [5, 5.41) is 2.99. The summed E-state index contributed by atoms with van der Waals surface area (Å²) in [5.74, 6) is -1.71. The molecule has 26 heavy (non-hydrogen) atoms. The van der Waals surface area contributed by atoms with Crippen LogP contribution in [0.2, 0.25) is 0 Å². The maximum absolute atomic E-state index is 13.4. The molecule has 1 aliphatic heterocycles. The van der Waals surface area contributed by atoms with Crippen molar-refractivity contribution in [1.29, 1.82) is 0 Å². The van der Waals surface area contributed by atoms with E-state index in [1.165, 1.54) is 4.90 Å². The maximum atomic E-state index is 13.4. The minimum atomic E-state index is -0.754. The van der Waals surface area contributed by atoms with Crippen LogP contribution in [0.15, 0.2) is 34.9 Å². The number of furan rings is 1. The van der Waals surface area contributed by atoms with Crippen LogP contribution in [0.4, 0.5) is 14.5 Å². The summed E-state index contributed by atoms with van der Waals surface area (Å²) in [5.41, 5.74) is 1.12. The first-order valence-corrected chi connectivity index (χ1v) is 8.64. The van der Waals surface area contributed by atoms with Gasteiger partial charge in [-0.2, -0.15) is 0 Å². The second-order valence-electron chi connectivity index (χ2n) is 6.79. The van der Waals surface area contributed by atoms with Crippen LogP contribution in [0.1, 0.15) is 36.6 Å². The van der Waals surface area contributed by atoms with E-state index in [0.717, 1.165) is 48.8 Å². The van der Waals surface area contributed by atoms with Gasteiger partial charge >= 0.3 is 0 Å². The van der Waals surface area contributed by atoms with Gasteiger partial charge in [-0.15, -0.1) is 0 Å². The van der Waals surface area contributed by atoms with Crippen LogP contribution in [0.5, 0.6) is 0 Å². The molecule has 1 aromatic heterocycles. The van der Waals surface area contributed by atoms with E-state index in [0.29, 0.717) is 0 Å².